The van der Waals surface area contributed by atoms with Crippen LogP contribution in [0.5, 0.6) is 0 Å². The first-order valence-corrected chi connectivity index (χ1v) is 6.14. The molecule has 0 radical (unpaired) electrons. The van der Waals surface area contributed by atoms with E-state index in [1.54, 1.807) is 24.3 Å². The molecule has 0 amide bonds. The van der Waals surface area contributed by atoms with Gasteiger partial charge in [-0.05, 0) is 30.3 Å². The van der Waals surface area contributed by atoms with Crippen molar-refractivity contribution in [3.63, 3.8) is 0 Å². The average molecular weight is 286 g/mol. The van der Waals surface area contributed by atoms with Crippen LogP contribution in [0, 0.1) is 28.5 Å². The number of halogens is 2. The van der Waals surface area contributed by atoms with Gasteiger partial charge in [-0.1, -0.05) is 17.7 Å². The molecule has 0 fully saturated rings. The molecule has 0 saturated heterocycles. The lowest BCUT2D eigenvalue weighted by Crippen LogP contribution is -2.03. The number of nitrogens with one attached hydrogen (secondary N) is 1. The minimum Gasteiger partial charge on any atom is -0.380 e. The largest absolute Gasteiger partial charge is 0.380 e. The smallest absolute Gasteiger partial charge is 0.129 e. The highest BCUT2D eigenvalue weighted by Crippen LogP contribution is 2.21. The van der Waals surface area contributed by atoms with Crippen molar-refractivity contribution in [3.05, 3.63) is 63.9 Å². The summed E-state index contributed by atoms with van der Waals surface area (Å²) in [5.41, 5.74) is 1.66. The van der Waals surface area contributed by atoms with Crippen molar-refractivity contribution in [1.82, 2.24) is 0 Å². The van der Waals surface area contributed by atoms with Gasteiger partial charge in [-0.15, -0.1) is 0 Å². The molecular weight excluding hydrogens is 277 g/mol. The van der Waals surface area contributed by atoms with Gasteiger partial charge >= 0.3 is 0 Å². The van der Waals surface area contributed by atoms with Gasteiger partial charge in [0.15, 0.2) is 0 Å². The minimum absolute atomic E-state index is 0.201. The van der Waals surface area contributed by atoms with Gasteiger partial charge < -0.3 is 5.32 Å². The molecular formula is C15H9ClFN3. The first-order valence-electron chi connectivity index (χ1n) is 5.76. The molecule has 0 atom stereocenters. The number of nitrogens with zero attached hydrogens (tertiary/aromatic N) is 2. The highest BCUT2D eigenvalue weighted by molar-refractivity contribution is 6.30. The highest BCUT2D eigenvalue weighted by atomic mass is 35.5. The van der Waals surface area contributed by atoms with E-state index in [-0.39, 0.29) is 12.1 Å². The molecule has 0 heterocycles. The van der Waals surface area contributed by atoms with Crippen molar-refractivity contribution in [2.75, 3.05) is 5.32 Å². The van der Waals surface area contributed by atoms with Crippen molar-refractivity contribution in [2.45, 2.75) is 6.54 Å². The van der Waals surface area contributed by atoms with Gasteiger partial charge in [-0.3, -0.25) is 0 Å². The fourth-order valence-electron chi connectivity index (χ4n) is 1.71. The number of hydrogen-bond acceptors (Lipinski definition) is 3. The van der Waals surface area contributed by atoms with Gasteiger partial charge in [0.2, 0.25) is 0 Å². The van der Waals surface area contributed by atoms with Gasteiger partial charge in [-0.2, -0.15) is 10.5 Å². The van der Waals surface area contributed by atoms with Crippen LogP contribution in [0.2, 0.25) is 5.02 Å². The molecule has 0 bridgehead atoms. The van der Waals surface area contributed by atoms with Crippen LogP contribution in [0.4, 0.5) is 10.1 Å². The Kier molecular flexibility index (Phi) is 4.20. The topological polar surface area (TPSA) is 59.6 Å². The van der Waals surface area contributed by atoms with Gasteiger partial charge in [0.25, 0.3) is 0 Å². The van der Waals surface area contributed by atoms with Crippen molar-refractivity contribution in [1.29, 1.82) is 10.5 Å². The third-order valence-corrected chi connectivity index (χ3v) is 2.99. The summed E-state index contributed by atoms with van der Waals surface area (Å²) in [6.45, 7) is 0.201. The molecule has 2 rings (SSSR count). The first-order chi connectivity index (χ1) is 9.63. The Bertz CT molecular complexity index is 729. The number of rotatable bonds is 3. The molecule has 0 aliphatic carbocycles. The molecule has 2 aromatic carbocycles. The van der Waals surface area contributed by atoms with E-state index in [1.165, 1.54) is 12.1 Å². The van der Waals surface area contributed by atoms with Crippen molar-refractivity contribution in [3.8, 4) is 12.1 Å². The van der Waals surface area contributed by atoms with E-state index in [4.69, 9.17) is 22.1 Å². The van der Waals surface area contributed by atoms with Gasteiger partial charge in [0, 0.05) is 17.1 Å². The second-order valence-electron chi connectivity index (χ2n) is 4.07. The molecule has 0 aromatic heterocycles. The molecule has 3 nitrogen and oxygen atoms in total. The molecule has 5 heteroatoms. The molecule has 0 aliphatic heterocycles. The van der Waals surface area contributed by atoms with Crippen LogP contribution in [-0.2, 0) is 6.54 Å². The van der Waals surface area contributed by atoms with Crippen LogP contribution in [-0.4, -0.2) is 0 Å². The Balaban J connectivity index is 2.19. The molecule has 20 heavy (non-hydrogen) atoms. The summed E-state index contributed by atoms with van der Waals surface area (Å²) in [5.74, 6) is -0.461. The third kappa shape index (κ3) is 3.06. The van der Waals surface area contributed by atoms with Crippen molar-refractivity contribution in [2.24, 2.45) is 0 Å². The van der Waals surface area contributed by atoms with E-state index in [1.807, 2.05) is 12.1 Å². The Labute approximate surface area is 120 Å². The van der Waals surface area contributed by atoms with Gasteiger partial charge in [0.1, 0.15) is 11.9 Å². The Morgan fingerprint density at radius 1 is 1.10 bits per heavy atom. The lowest BCUT2D eigenvalue weighted by Gasteiger charge is -2.09. The quantitative estimate of drug-likeness (QED) is 0.932. The summed E-state index contributed by atoms with van der Waals surface area (Å²) in [6.07, 6.45) is 0. The summed E-state index contributed by atoms with van der Waals surface area (Å²) >= 11 is 5.87. The van der Waals surface area contributed by atoms with E-state index >= 15 is 0 Å². The SMILES string of the molecule is N#Cc1ccc(CNc2cc(Cl)ccc2C#N)c(F)c1. The zero-order valence-corrected chi connectivity index (χ0v) is 11.1. The fourth-order valence-corrected chi connectivity index (χ4v) is 1.88. The Hall–Kier alpha value is -2.56. The third-order valence-electron chi connectivity index (χ3n) is 2.75. The standard InChI is InChI=1S/C15H9ClFN3/c16-13-4-3-11(8-19)15(6-13)20-9-12-2-1-10(7-18)5-14(12)17/h1-6,20H,9H2. The van der Waals surface area contributed by atoms with E-state index in [2.05, 4.69) is 5.32 Å². The number of anilines is 1. The lowest BCUT2D eigenvalue weighted by molar-refractivity contribution is 0.612. The Morgan fingerprint density at radius 2 is 1.90 bits per heavy atom. The van der Waals surface area contributed by atoms with Crippen molar-refractivity contribution < 1.29 is 4.39 Å². The van der Waals surface area contributed by atoms with Gasteiger partial charge in [0.05, 0.1) is 22.9 Å². The summed E-state index contributed by atoms with van der Waals surface area (Å²) in [7, 11) is 0. The zero-order chi connectivity index (χ0) is 14.5. The second-order valence-corrected chi connectivity index (χ2v) is 4.51. The van der Waals surface area contributed by atoms with E-state index < -0.39 is 5.82 Å². The van der Waals surface area contributed by atoms with Crippen LogP contribution >= 0.6 is 11.6 Å². The normalized spacial score (nSPS) is 9.60. The second kappa shape index (κ2) is 6.06. The predicted molar refractivity (Wildman–Crippen MR) is 74.6 cm³/mol. The molecule has 0 spiro atoms. The van der Waals surface area contributed by atoms with Crippen LogP contribution in [0.15, 0.2) is 36.4 Å². The van der Waals surface area contributed by atoms with Crippen LogP contribution in [0.3, 0.4) is 0 Å². The molecule has 2 aromatic rings. The van der Waals surface area contributed by atoms with E-state index in [9.17, 15) is 4.39 Å². The molecule has 98 valence electrons. The fraction of sp³-hybridized carbons (Fsp3) is 0.0667. The number of hydrogen-bond donors (Lipinski definition) is 1. The summed E-state index contributed by atoms with van der Waals surface area (Å²) in [4.78, 5) is 0. The first kappa shape index (κ1) is 13.9. The molecule has 0 saturated carbocycles. The average Bonchev–Trinajstić information content (AvgIpc) is 2.46. The number of benzene rings is 2. The molecule has 0 aliphatic rings. The maximum atomic E-state index is 13.7. The highest BCUT2D eigenvalue weighted by Gasteiger charge is 2.06. The van der Waals surface area contributed by atoms with Gasteiger partial charge in [-0.25, -0.2) is 4.39 Å². The van der Waals surface area contributed by atoms with E-state index in [0.29, 0.717) is 21.8 Å². The minimum atomic E-state index is -0.461. The zero-order valence-electron chi connectivity index (χ0n) is 10.3. The molecule has 0 unspecified atom stereocenters. The number of nitriles is 2. The van der Waals surface area contributed by atoms with Crippen LogP contribution in [0.1, 0.15) is 16.7 Å². The summed E-state index contributed by atoms with van der Waals surface area (Å²) < 4.78 is 13.7. The van der Waals surface area contributed by atoms with Crippen LogP contribution < -0.4 is 5.32 Å². The van der Waals surface area contributed by atoms with E-state index in [0.717, 1.165) is 0 Å². The monoisotopic (exact) mass is 285 g/mol. The Morgan fingerprint density at radius 3 is 2.55 bits per heavy atom. The summed E-state index contributed by atoms with van der Waals surface area (Å²) in [6, 6.07) is 13.0. The maximum Gasteiger partial charge on any atom is 0.129 e. The summed E-state index contributed by atoms with van der Waals surface area (Å²) in [5, 5.41) is 21.1. The van der Waals surface area contributed by atoms with Crippen molar-refractivity contribution >= 4 is 17.3 Å². The molecule has 1 N–H and O–H groups in total. The lowest BCUT2D eigenvalue weighted by atomic mass is 10.1. The maximum absolute atomic E-state index is 13.7. The van der Waals surface area contributed by atoms with Crippen LogP contribution in [0.25, 0.3) is 0 Å². The predicted octanol–water partition coefficient (Wildman–Crippen LogP) is 3.83.